The van der Waals surface area contributed by atoms with E-state index in [4.69, 9.17) is 0 Å². The average molecular weight is 437 g/mol. The quantitative estimate of drug-likeness (QED) is 0.496. The van der Waals surface area contributed by atoms with E-state index in [9.17, 15) is 33.2 Å². The predicted molar refractivity (Wildman–Crippen MR) is 105 cm³/mol. The lowest BCUT2D eigenvalue weighted by Crippen LogP contribution is -2.35. The minimum Gasteiger partial charge on any atom is -0.396 e. The Morgan fingerprint density at radius 2 is 2.03 bits per heavy atom. The van der Waals surface area contributed by atoms with E-state index >= 15 is 0 Å². The van der Waals surface area contributed by atoms with Crippen LogP contribution in [-0.2, 0) is 12.7 Å². The molecule has 0 fully saturated rings. The van der Waals surface area contributed by atoms with Crippen LogP contribution in [0.25, 0.3) is 10.1 Å². The van der Waals surface area contributed by atoms with Gasteiger partial charge in [0.1, 0.15) is 4.70 Å². The van der Waals surface area contributed by atoms with Gasteiger partial charge in [0.25, 0.3) is 11.2 Å². The summed E-state index contributed by atoms with van der Waals surface area (Å²) >= 11 is 0.793. The Bertz CT molecular complexity index is 1210. The maximum absolute atomic E-state index is 13.1. The van der Waals surface area contributed by atoms with Gasteiger partial charge >= 0.3 is 6.18 Å². The molecule has 156 valence electrons. The molecule has 1 aliphatic heterocycles. The molecule has 1 aliphatic rings. The van der Waals surface area contributed by atoms with Gasteiger partial charge in [0.15, 0.2) is 5.13 Å². The fourth-order valence-corrected chi connectivity index (χ4v) is 4.66. The average Bonchev–Trinajstić information content (AvgIpc) is 2.71. The van der Waals surface area contributed by atoms with Crippen LogP contribution in [0.5, 0.6) is 0 Å². The number of rotatable bonds is 3. The Hall–Kier alpha value is -3.05. The van der Waals surface area contributed by atoms with Crippen molar-refractivity contribution in [2.75, 3.05) is 18.1 Å². The van der Waals surface area contributed by atoms with E-state index in [2.05, 4.69) is 4.98 Å². The van der Waals surface area contributed by atoms with Gasteiger partial charge in [0.2, 0.25) is 0 Å². The molecule has 0 spiro atoms. The number of alkyl halides is 3. The molecule has 11 heteroatoms. The number of benzene rings is 2. The highest BCUT2D eigenvalue weighted by Crippen LogP contribution is 2.39. The fraction of sp³-hybridized carbons (Fsp3) is 0.263. The lowest BCUT2D eigenvalue weighted by atomic mass is 9.90. The molecule has 0 unspecified atom stereocenters. The summed E-state index contributed by atoms with van der Waals surface area (Å²) in [6, 6.07) is 8.48. The van der Waals surface area contributed by atoms with Crippen molar-refractivity contribution in [1.29, 1.82) is 0 Å². The van der Waals surface area contributed by atoms with Crippen molar-refractivity contribution in [2.24, 2.45) is 0 Å². The zero-order valence-electron chi connectivity index (χ0n) is 15.2. The number of nitro groups is 1. The second-order valence-electron chi connectivity index (χ2n) is 6.89. The molecule has 1 N–H and O–H groups in total. The van der Waals surface area contributed by atoms with E-state index in [1.54, 1.807) is 4.90 Å². The van der Waals surface area contributed by atoms with Crippen molar-refractivity contribution in [2.45, 2.75) is 18.6 Å². The van der Waals surface area contributed by atoms with Crippen LogP contribution in [0.1, 0.15) is 22.6 Å². The molecule has 7 nitrogen and oxygen atoms in total. The van der Waals surface area contributed by atoms with Crippen LogP contribution in [0.15, 0.2) is 41.2 Å². The number of nitrogens with zero attached hydrogens (tertiary/aromatic N) is 3. The van der Waals surface area contributed by atoms with Crippen molar-refractivity contribution in [3.05, 3.63) is 73.6 Å². The molecule has 2 heterocycles. The van der Waals surface area contributed by atoms with Gasteiger partial charge in [-0.25, -0.2) is 0 Å². The fourth-order valence-electron chi connectivity index (χ4n) is 3.59. The number of halogens is 3. The van der Waals surface area contributed by atoms with Gasteiger partial charge in [0.05, 0.1) is 22.5 Å². The number of aliphatic hydroxyl groups excluding tert-OH is 1. The highest BCUT2D eigenvalue weighted by atomic mass is 32.1. The Kier molecular flexibility index (Phi) is 4.94. The van der Waals surface area contributed by atoms with Crippen LogP contribution < -0.4 is 10.5 Å². The number of anilines is 1. The van der Waals surface area contributed by atoms with Crippen molar-refractivity contribution in [3.8, 4) is 0 Å². The highest BCUT2D eigenvalue weighted by Gasteiger charge is 2.35. The maximum atomic E-state index is 13.1. The highest BCUT2D eigenvalue weighted by molar-refractivity contribution is 7.22. The Morgan fingerprint density at radius 1 is 1.30 bits per heavy atom. The first-order valence-corrected chi connectivity index (χ1v) is 9.64. The summed E-state index contributed by atoms with van der Waals surface area (Å²) in [7, 11) is 0. The van der Waals surface area contributed by atoms with Gasteiger partial charge in [-0.3, -0.25) is 14.9 Å². The van der Waals surface area contributed by atoms with Gasteiger partial charge in [-0.1, -0.05) is 35.6 Å². The third-order valence-corrected chi connectivity index (χ3v) is 6.17. The Labute approximate surface area is 171 Å². The molecule has 0 saturated heterocycles. The lowest BCUT2D eigenvalue weighted by molar-refractivity contribution is -0.383. The first-order valence-electron chi connectivity index (χ1n) is 8.83. The minimum atomic E-state index is -4.83. The number of fused-ring (bicyclic) bond motifs is 2. The number of aromatic nitrogens is 1. The third kappa shape index (κ3) is 3.50. The second kappa shape index (κ2) is 7.33. The van der Waals surface area contributed by atoms with E-state index in [1.165, 1.54) is 0 Å². The number of hydrogen-bond acceptors (Lipinski definition) is 7. The van der Waals surface area contributed by atoms with Crippen LogP contribution in [0.4, 0.5) is 24.0 Å². The van der Waals surface area contributed by atoms with Crippen molar-refractivity contribution < 1.29 is 23.2 Å². The molecule has 4 rings (SSSR count). The largest absolute Gasteiger partial charge is 0.416 e. The molecule has 1 aromatic heterocycles. The van der Waals surface area contributed by atoms with Crippen molar-refractivity contribution >= 4 is 32.2 Å². The van der Waals surface area contributed by atoms with Crippen LogP contribution in [0, 0.1) is 10.1 Å². The molecular formula is C19H14F3N3O4S. The SMILES string of the molecule is O=c1nc(N2Cc3ccccc3[C@H](CO)C2)sc2c([N+](=O)[O-])cc(C(F)(F)F)cc12. The van der Waals surface area contributed by atoms with E-state index < -0.39 is 33.3 Å². The van der Waals surface area contributed by atoms with Crippen molar-refractivity contribution in [3.63, 3.8) is 0 Å². The smallest absolute Gasteiger partial charge is 0.396 e. The number of nitro benzene ring substituents is 1. The van der Waals surface area contributed by atoms with Gasteiger partial charge < -0.3 is 10.0 Å². The second-order valence-corrected chi connectivity index (χ2v) is 7.86. The van der Waals surface area contributed by atoms with Crippen LogP contribution in [-0.4, -0.2) is 28.2 Å². The standard InChI is InChI=1S/C19H14F3N3O4S/c20-19(21,22)12-5-14-16(15(6-12)25(28)29)30-18(23-17(14)27)24-7-10-3-1-2-4-13(10)11(8-24)9-26/h1-6,11,26H,7-9H2/t11-/m0/s1. The Balaban J connectivity index is 1.87. The van der Waals surface area contributed by atoms with Crippen LogP contribution >= 0.6 is 11.3 Å². The monoisotopic (exact) mass is 437 g/mol. The van der Waals surface area contributed by atoms with Crippen molar-refractivity contribution in [1.82, 2.24) is 4.98 Å². The van der Waals surface area contributed by atoms with Gasteiger partial charge in [-0.05, 0) is 17.2 Å². The molecule has 0 aliphatic carbocycles. The van der Waals surface area contributed by atoms with E-state index in [0.717, 1.165) is 22.5 Å². The first kappa shape index (κ1) is 20.2. The van der Waals surface area contributed by atoms with Gasteiger partial charge in [0, 0.05) is 25.1 Å². The number of aliphatic hydroxyl groups is 1. The zero-order chi connectivity index (χ0) is 21.6. The van der Waals surface area contributed by atoms with Gasteiger partial charge in [-0.15, -0.1) is 0 Å². The summed E-state index contributed by atoms with van der Waals surface area (Å²) in [6.07, 6.45) is -4.83. The first-order chi connectivity index (χ1) is 14.2. The molecule has 30 heavy (non-hydrogen) atoms. The number of hydrogen-bond donors (Lipinski definition) is 1. The third-order valence-electron chi connectivity index (χ3n) is 5.00. The Morgan fingerprint density at radius 3 is 2.70 bits per heavy atom. The molecule has 0 radical (unpaired) electrons. The zero-order valence-corrected chi connectivity index (χ0v) is 16.0. The molecule has 0 saturated carbocycles. The summed E-state index contributed by atoms with van der Waals surface area (Å²) in [6.45, 7) is 0.525. The number of non-ortho nitro benzene ring substituents is 1. The maximum Gasteiger partial charge on any atom is 0.416 e. The summed E-state index contributed by atoms with van der Waals surface area (Å²) in [5.74, 6) is -0.252. The molecule has 0 bridgehead atoms. The molecule has 2 aromatic carbocycles. The van der Waals surface area contributed by atoms with E-state index in [-0.39, 0.29) is 22.4 Å². The summed E-state index contributed by atoms with van der Waals surface area (Å²) in [5.41, 5.74) is -1.15. The molecule has 0 amide bonds. The van der Waals surface area contributed by atoms with Gasteiger partial charge in [-0.2, -0.15) is 18.2 Å². The van der Waals surface area contributed by atoms with Crippen LogP contribution in [0.2, 0.25) is 0 Å². The topological polar surface area (TPSA) is 96.6 Å². The minimum absolute atomic E-state index is 0.148. The normalized spacial score (nSPS) is 16.5. The van der Waals surface area contributed by atoms with E-state index in [0.29, 0.717) is 25.2 Å². The lowest BCUT2D eigenvalue weighted by Gasteiger charge is -2.34. The predicted octanol–water partition coefficient (Wildman–Crippen LogP) is 3.68. The van der Waals surface area contributed by atoms with Crippen LogP contribution in [0.3, 0.4) is 0 Å². The molecule has 3 aromatic rings. The summed E-state index contributed by atoms with van der Waals surface area (Å²) in [4.78, 5) is 28.6. The summed E-state index contributed by atoms with van der Waals surface area (Å²) in [5, 5.41) is 20.9. The summed E-state index contributed by atoms with van der Waals surface area (Å²) < 4.78 is 39.2. The molecule has 1 atom stereocenters. The molecular weight excluding hydrogens is 423 g/mol. The van der Waals surface area contributed by atoms with E-state index in [1.807, 2.05) is 24.3 Å².